The summed E-state index contributed by atoms with van der Waals surface area (Å²) in [5, 5.41) is 11.4. The van der Waals surface area contributed by atoms with Gasteiger partial charge in [-0.05, 0) is 36.8 Å². The van der Waals surface area contributed by atoms with Crippen LogP contribution in [0.5, 0.6) is 0 Å². The molecule has 3 N–H and O–H groups in total. The molecule has 1 aromatic heterocycles. The van der Waals surface area contributed by atoms with Crippen LogP contribution in [0.4, 0.5) is 0 Å². The first kappa shape index (κ1) is 13.0. The molecule has 0 amide bonds. The lowest BCUT2D eigenvalue weighted by Gasteiger charge is -2.42. The van der Waals surface area contributed by atoms with E-state index < -0.39 is 0 Å². The maximum absolute atomic E-state index is 9.24. The Balaban J connectivity index is 2.16. The van der Waals surface area contributed by atoms with Gasteiger partial charge in [0.25, 0.3) is 0 Å². The molecule has 1 heterocycles. The number of thiophene rings is 1. The van der Waals surface area contributed by atoms with Crippen LogP contribution >= 0.6 is 11.3 Å². The Morgan fingerprint density at radius 2 is 2.35 bits per heavy atom. The van der Waals surface area contributed by atoms with E-state index in [1.165, 1.54) is 29.7 Å². The Morgan fingerprint density at radius 3 is 2.76 bits per heavy atom. The summed E-state index contributed by atoms with van der Waals surface area (Å²) in [5.41, 5.74) is 7.29. The van der Waals surface area contributed by atoms with Crippen LogP contribution < -0.4 is 5.73 Å². The second-order valence-electron chi connectivity index (χ2n) is 4.77. The molecule has 0 spiro atoms. The smallest absolute Gasteiger partial charge is 0.0570 e. The molecule has 1 atom stereocenters. The number of aryl methyl sites for hydroxylation is 1. The maximum atomic E-state index is 9.24. The molecular weight excluding hydrogens is 232 g/mol. The van der Waals surface area contributed by atoms with Gasteiger partial charge >= 0.3 is 0 Å². The Hall–Kier alpha value is -0.420. The van der Waals surface area contributed by atoms with Gasteiger partial charge in [0.2, 0.25) is 0 Å². The summed E-state index contributed by atoms with van der Waals surface area (Å²) in [4.78, 5) is 3.77. The molecule has 1 unspecified atom stereocenters. The van der Waals surface area contributed by atoms with Crippen molar-refractivity contribution in [1.82, 2.24) is 4.90 Å². The molecule has 1 aromatic rings. The van der Waals surface area contributed by atoms with Gasteiger partial charge in [-0.2, -0.15) is 0 Å². The largest absolute Gasteiger partial charge is 0.395 e. The fraction of sp³-hybridized carbons (Fsp3) is 0.692. The molecule has 4 heteroatoms. The van der Waals surface area contributed by atoms with Crippen molar-refractivity contribution >= 4 is 11.3 Å². The third kappa shape index (κ3) is 2.71. The lowest BCUT2D eigenvalue weighted by atomic mass is 9.90. The fourth-order valence-corrected chi connectivity index (χ4v) is 3.61. The van der Waals surface area contributed by atoms with Crippen LogP contribution in [0.1, 0.15) is 35.7 Å². The minimum absolute atomic E-state index is 0.220. The van der Waals surface area contributed by atoms with Crippen LogP contribution in [0, 0.1) is 6.92 Å². The molecule has 1 aliphatic rings. The van der Waals surface area contributed by atoms with Crippen LogP contribution in [0.15, 0.2) is 11.4 Å². The highest BCUT2D eigenvalue weighted by molar-refractivity contribution is 7.10. The molecule has 0 aromatic carbocycles. The maximum Gasteiger partial charge on any atom is 0.0570 e. The van der Waals surface area contributed by atoms with Gasteiger partial charge in [0, 0.05) is 24.0 Å². The second-order valence-corrected chi connectivity index (χ2v) is 5.71. The van der Waals surface area contributed by atoms with E-state index in [9.17, 15) is 5.11 Å². The zero-order valence-electron chi connectivity index (χ0n) is 10.4. The van der Waals surface area contributed by atoms with E-state index in [1.807, 2.05) is 0 Å². The van der Waals surface area contributed by atoms with Gasteiger partial charge in [0.05, 0.1) is 12.6 Å². The Labute approximate surface area is 107 Å². The van der Waals surface area contributed by atoms with Crippen LogP contribution in [0.3, 0.4) is 0 Å². The minimum Gasteiger partial charge on any atom is -0.395 e. The third-order valence-corrected chi connectivity index (χ3v) is 4.85. The van der Waals surface area contributed by atoms with Crippen molar-refractivity contribution < 1.29 is 5.11 Å². The molecule has 96 valence electrons. The van der Waals surface area contributed by atoms with Crippen molar-refractivity contribution in [3.63, 3.8) is 0 Å². The van der Waals surface area contributed by atoms with E-state index in [0.29, 0.717) is 12.6 Å². The number of rotatable bonds is 6. The highest BCUT2D eigenvalue weighted by Crippen LogP contribution is 2.34. The van der Waals surface area contributed by atoms with Crippen LogP contribution in [0.25, 0.3) is 0 Å². The van der Waals surface area contributed by atoms with Gasteiger partial charge in [-0.3, -0.25) is 4.90 Å². The number of nitrogens with zero attached hydrogens (tertiary/aromatic N) is 1. The fourth-order valence-electron chi connectivity index (χ4n) is 2.55. The van der Waals surface area contributed by atoms with Gasteiger partial charge in [0.1, 0.15) is 0 Å². The van der Waals surface area contributed by atoms with Crippen LogP contribution in [0.2, 0.25) is 0 Å². The van der Waals surface area contributed by atoms with Gasteiger partial charge in [-0.15, -0.1) is 11.3 Å². The zero-order chi connectivity index (χ0) is 12.3. The number of hydrogen-bond acceptors (Lipinski definition) is 4. The molecule has 2 rings (SSSR count). The highest BCUT2D eigenvalue weighted by atomic mass is 32.1. The van der Waals surface area contributed by atoms with Crippen molar-refractivity contribution in [3.05, 3.63) is 21.9 Å². The molecule has 0 aliphatic heterocycles. The Kier molecular flexibility index (Phi) is 4.56. The predicted octanol–water partition coefficient (Wildman–Crippen LogP) is 1.90. The quantitative estimate of drug-likeness (QED) is 0.815. The highest BCUT2D eigenvalue weighted by Gasteiger charge is 2.31. The van der Waals surface area contributed by atoms with E-state index in [1.54, 1.807) is 11.3 Å². The van der Waals surface area contributed by atoms with Crippen LogP contribution in [-0.2, 0) is 0 Å². The van der Waals surface area contributed by atoms with E-state index >= 15 is 0 Å². The summed E-state index contributed by atoms with van der Waals surface area (Å²) in [6.07, 6.45) is 3.81. The molecule has 3 nitrogen and oxygen atoms in total. The molecular formula is C13H22N2OS. The van der Waals surface area contributed by atoms with Crippen LogP contribution in [-0.4, -0.2) is 35.7 Å². The lowest BCUT2D eigenvalue weighted by molar-refractivity contribution is 0.0634. The number of aliphatic hydroxyl groups is 1. The summed E-state index contributed by atoms with van der Waals surface area (Å²) in [6, 6.07) is 3.06. The second kappa shape index (κ2) is 5.96. The Morgan fingerprint density at radius 1 is 1.59 bits per heavy atom. The molecule has 0 bridgehead atoms. The standard InChI is InChI=1S/C13H22N2OS/c1-10-5-8-17-13(10)12(9-14)15(6-7-16)11-3-2-4-11/h5,8,11-12,16H,2-4,6-7,9,14H2,1H3. The summed E-state index contributed by atoms with van der Waals surface area (Å²) < 4.78 is 0. The average Bonchev–Trinajstić information content (AvgIpc) is 2.64. The molecule has 1 fully saturated rings. The van der Waals surface area contributed by atoms with Gasteiger partial charge in [0.15, 0.2) is 0 Å². The molecule has 0 radical (unpaired) electrons. The monoisotopic (exact) mass is 254 g/mol. The summed E-state index contributed by atoms with van der Waals surface area (Å²) in [6.45, 7) is 3.74. The van der Waals surface area contributed by atoms with Gasteiger partial charge in [-0.25, -0.2) is 0 Å². The number of nitrogens with two attached hydrogens (primary N) is 1. The average molecular weight is 254 g/mol. The van der Waals surface area contributed by atoms with Crippen molar-refractivity contribution in [2.75, 3.05) is 19.7 Å². The van der Waals surface area contributed by atoms with E-state index in [0.717, 1.165) is 6.54 Å². The van der Waals surface area contributed by atoms with E-state index in [2.05, 4.69) is 23.3 Å². The first-order valence-corrected chi connectivity index (χ1v) is 7.26. The summed E-state index contributed by atoms with van der Waals surface area (Å²) in [7, 11) is 0. The minimum atomic E-state index is 0.220. The first-order valence-electron chi connectivity index (χ1n) is 6.38. The molecule has 1 saturated carbocycles. The summed E-state index contributed by atoms with van der Waals surface area (Å²) in [5.74, 6) is 0. The van der Waals surface area contributed by atoms with Crippen molar-refractivity contribution in [2.45, 2.75) is 38.3 Å². The normalized spacial score (nSPS) is 18.4. The van der Waals surface area contributed by atoms with Gasteiger partial charge in [-0.1, -0.05) is 6.42 Å². The topological polar surface area (TPSA) is 49.5 Å². The molecule has 0 saturated heterocycles. The predicted molar refractivity (Wildman–Crippen MR) is 72.3 cm³/mol. The summed E-state index contributed by atoms with van der Waals surface area (Å²) >= 11 is 1.79. The van der Waals surface area contributed by atoms with E-state index in [4.69, 9.17) is 5.73 Å². The Bertz CT molecular complexity index is 349. The van der Waals surface area contributed by atoms with Crippen molar-refractivity contribution in [1.29, 1.82) is 0 Å². The van der Waals surface area contributed by atoms with E-state index in [-0.39, 0.29) is 12.6 Å². The lowest BCUT2D eigenvalue weighted by Crippen LogP contribution is -2.46. The van der Waals surface area contributed by atoms with Crippen molar-refractivity contribution in [2.24, 2.45) is 5.73 Å². The third-order valence-electron chi connectivity index (χ3n) is 3.73. The van der Waals surface area contributed by atoms with Gasteiger partial charge < -0.3 is 10.8 Å². The molecule has 17 heavy (non-hydrogen) atoms. The zero-order valence-corrected chi connectivity index (χ0v) is 11.2. The van der Waals surface area contributed by atoms with Crippen molar-refractivity contribution in [3.8, 4) is 0 Å². The SMILES string of the molecule is Cc1ccsc1C(CN)N(CCO)C1CCC1. The number of hydrogen-bond donors (Lipinski definition) is 2. The number of aliphatic hydroxyl groups excluding tert-OH is 1. The molecule has 1 aliphatic carbocycles. The first-order chi connectivity index (χ1) is 8.27.